The molecular weight excluding hydrogens is 737 g/mol. The number of tetrazole rings is 1. The minimum Gasteiger partial charge on any atom is -0.444 e. The lowest BCUT2D eigenvalue weighted by Crippen LogP contribution is -2.48. The maximum absolute atomic E-state index is 13.9. The number of rotatable bonds is 12. The van der Waals surface area contributed by atoms with Gasteiger partial charge in [0, 0.05) is 59.4 Å². The normalized spacial score (nSPS) is 22.2. The molecule has 3 aliphatic rings. The molecule has 15 heteroatoms. The summed E-state index contributed by atoms with van der Waals surface area (Å²) in [7, 11) is 2.13. The van der Waals surface area contributed by atoms with Crippen molar-refractivity contribution >= 4 is 29.5 Å². The molecule has 15 nitrogen and oxygen atoms in total. The van der Waals surface area contributed by atoms with Gasteiger partial charge < -0.3 is 30.9 Å². The molecular formula is C43H54N10O5. The third-order valence-electron chi connectivity index (χ3n) is 11.6. The number of amides is 4. The number of carbonyl (C=O) groups is 4. The molecule has 3 atom stereocenters. The van der Waals surface area contributed by atoms with Crippen molar-refractivity contribution in [1.82, 2.24) is 46.5 Å². The van der Waals surface area contributed by atoms with E-state index in [9.17, 15) is 19.2 Å². The fourth-order valence-electron chi connectivity index (χ4n) is 8.28. The zero-order valence-electron chi connectivity index (χ0n) is 33.9. The molecule has 2 aromatic heterocycles. The highest BCUT2D eigenvalue weighted by molar-refractivity contribution is 5.98. The Balaban J connectivity index is 0.987. The van der Waals surface area contributed by atoms with E-state index in [-0.39, 0.29) is 47.4 Å². The predicted octanol–water partition coefficient (Wildman–Crippen LogP) is 5.06. The summed E-state index contributed by atoms with van der Waals surface area (Å²) in [4.78, 5) is 59.8. The van der Waals surface area contributed by atoms with Crippen LogP contribution in [0.25, 0.3) is 22.5 Å². The van der Waals surface area contributed by atoms with Gasteiger partial charge in [-0.3, -0.25) is 14.4 Å². The van der Waals surface area contributed by atoms with Gasteiger partial charge in [0.05, 0.1) is 0 Å². The van der Waals surface area contributed by atoms with Crippen molar-refractivity contribution in [3.05, 3.63) is 77.6 Å². The number of anilines is 1. The van der Waals surface area contributed by atoms with Crippen LogP contribution < -0.4 is 21.3 Å². The van der Waals surface area contributed by atoms with E-state index in [1.807, 2.05) is 58.0 Å². The van der Waals surface area contributed by atoms with E-state index in [0.717, 1.165) is 66.7 Å². The first-order valence-corrected chi connectivity index (χ1v) is 20.2. The van der Waals surface area contributed by atoms with Crippen molar-refractivity contribution in [2.75, 3.05) is 32.0 Å². The molecule has 4 amide bonds. The molecule has 5 N–H and O–H groups in total. The van der Waals surface area contributed by atoms with Crippen LogP contribution in [0.4, 0.5) is 10.5 Å². The van der Waals surface area contributed by atoms with E-state index in [1.165, 1.54) is 0 Å². The Morgan fingerprint density at radius 3 is 2.33 bits per heavy atom. The summed E-state index contributed by atoms with van der Waals surface area (Å²) < 4.78 is 5.36. The zero-order valence-corrected chi connectivity index (χ0v) is 33.9. The Kier molecular flexibility index (Phi) is 11.9. The predicted molar refractivity (Wildman–Crippen MR) is 218 cm³/mol. The molecule has 0 radical (unpaired) electrons. The highest BCUT2D eigenvalue weighted by Gasteiger charge is 2.57. The van der Waals surface area contributed by atoms with E-state index in [2.05, 4.69) is 58.8 Å². The first-order chi connectivity index (χ1) is 27.7. The van der Waals surface area contributed by atoms with E-state index in [0.29, 0.717) is 36.6 Å². The van der Waals surface area contributed by atoms with Crippen molar-refractivity contribution in [2.45, 2.75) is 90.3 Å². The molecule has 3 heterocycles. The lowest BCUT2D eigenvalue weighted by atomic mass is 9.81. The highest BCUT2D eigenvalue weighted by atomic mass is 16.6. The number of aryl methyl sites for hydroxylation is 1. The quantitative estimate of drug-likeness (QED) is 0.129. The number of ether oxygens (including phenoxy) is 1. The number of benzene rings is 2. The van der Waals surface area contributed by atoms with Crippen LogP contribution in [0.15, 0.2) is 60.7 Å². The van der Waals surface area contributed by atoms with Crippen LogP contribution in [0, 0.1) is 24.2 Å². The van der Waals surface area contributed by atoms with Crippen LogP contribution in [-0.4, -0.2) is 98.7 Å². The smallest absolute Gasteiger partial charge is 0.407 e. The molecule has 1 spiro atoms. The first-order valence-electron chi connectivity index (χ1n) is 20.2. The van der Waals surface area contributed by atoms with Crippen LogP contribution in [-0.2, 0) is 20.7 Å². The third-order valence-corrected chi connectivity index (χ3v) is 11.6. The van der Waals surface area contributed by atoms with Gasteiger partial charge in [0.15, 0.2) is 0 Å². The van der Waals surface area contributed by atoms with Crippen molar-refractivity contribution in [3.63, 3.8) is 0 Å². The van der Waals surface area contributed by atoms with Crippen LogP contribution in [0.1, 0.15) is 81.0 Å². The average Bonchev–Trinajstić information content (AvgIpc) is 3.48. The molecule has 2 aromatic carbocycles. The highest BCUT2D eigenvalue weighted by Crippen LogP contribution is 2.52. The molecule has 7 rings (SSSR count). The number of aromatic amines is 1. The fourth-order valence-corrected chi connectivity index (χ4v) is 8.28. The molecule has 2 saturated carbocycles. The minimum absolute atomic E-state index is 0.140. The lowest BCUT2D eigenvalue weighted by Gasteiger charge is -2.29. The minimum atomic E-state index is -0.849. The van der Waals surface area contributed by atoms with E-state index in [1.54, 1.807) is 30.3 Å². The molecule has 4 aromatic rings. The molecule has 58 heavy (non-hydrogen) atoms. The maximum Gasteiger partial charge on any atom is 0.407 e. The van der Waals surface area contributed by atoms with Gasteiger partial charge in [-0.1, -0.05) is 30.3 Å². The Bertz CT molecular complexity index is 2090. The van der Waals surface area contributed by atoms with Gasteiger partial charge in [0.2, 0.25) is 17.6 Å². The van der Waals surface area contributed by atoms with Gasteiger partial charge in [-0.05, 0) is 132 Å². The molecule has 0 bridgehead atoms. The number of carbonyl (C=O) groups excluding carboxylic acids is 4. The average molecular weight is 791 g/mol. The second-order valence-electron chi connectivity index (χ2n) is 17.3. The van der Waals surface area contributed by atoms with E-state index in [4.69, 9.17) is 4.74 Å². The van der Waals surface area contributed by atoms with E-state index >= 15 is 0 Å². The van der Waals surface area contributed by atoms with Crippen LogP contribution in [0.5, 0.6) is 0 Å². The monoisotopic (exact) mass is 790 g/mol. The molecule has 1 aliphatic heterocycles. The number of nitrogens with one attached hydrogen (secondary N) is 5. The second kappa shape index (κ2) is 17.0. The number of H-pyrrole nitrogens is 1. The van der Waals surface area contributed by atoms with Crippen LogP contribution in [0.2, 0.25) is 0 Å². The Hall–Kier alpha value is -5.70. The summed E-state index contributed by atoms with van der Waals surface area (Å²) in [5.74, 6) is -0.217. The number of alkyl carbamates (subject to hydrolysis) is 1. The van der Waals surface area contributed by atoms with Gasteiger partial charge in [0.1, 0.15) is 17.3 Å². The SMILES string of the molecule is Cc1nc(C(=O)N[C@@H]2C[C@@]23CCN(C)C3)ccc1-c1ccc(C[C@H](NC(=O)C2CCC(CNC(=O)OC(C)(C)C)CC2)C(=O)Nc2ccc(-c3nn[nH]n3)cc2)cc1. The van der Waals surface area contributed by atoms with Crippen molar-refractivity contribution in [2.24, 2.45) is 17.3 Å². The summed E-state index contributed by atoms with van der Waals surface area (Å²) in [5, 5.41) is 26.1. The molecule has 306 valence electrons. The summed E-state index contributed by atoms with van der Waals surface area (Å²) >= 11 is 0. The Morgan fingerprint density at radius 1 is 0.966 bits per heavy atom. The van der Waals surface area contributed by atoms with Crippen molar-refractivity contribution < 1.29 is 23.9 Å². The number of hydrogen-bond donors (Lipinski definition) is 5. The summed E-state index contributed by atoms with van der Waals surface area (Å²) in [5.41, 5.74) is 4.81. The number of pyridine rings is 1. The second-order valence-corrected chi connectivity index (χ2v) is 17.3. The maximum atomic E-state index is 13.9. The molecule has 2 aliphatic carbocycles. The van der Waals surface area contributed by atoms with Gasteiger partial charge >= 0.3 is 6.09 Å². The van der Waals surface area contributed by atoms with Crippen molar-refractivity contribution in [1.29, 1.82) is 0 Å². The van der Waals surface area contributed by atoms with Crippen molar-refractivity contribution in [3.8, 4) is 22.5 Å². The van der Waals surface area contributed by atoms with Crippen LogP contribution in [0.3, 0.4) is 0 Å². The Morgan fingerprint density at radius 2 is 1.69 bits per heavy atom. The van der Waals surface area contributed by atoms with Gasteiger partial charge in [-0.25, -0.2) is 9.78 Å². The molecule has 1 saturated heterocycles. The standard InChI is InChI=1S/C43H54N10O5/c1-26-33(18-19-34(45-26)39(55)48-36-23-43(36)20-21-53(5)25-43)29-10-6-27(7-11-29)22-35(40(56)46-32-16-14-30(15-17-32)37-49-51-52-50-37)47-38(54)31-12-8-28(9-13-31)24-44-41(57)58-42(2,3)4/h6-7,10-11,14-19,28,31,35-36H,8-9,12-13,20-25H2,1-5H3,(H,44,57)(H,46,56)(H,47,54)(H,48,55)(H,49,50,51,52)/t28?,31?,35-,36+,43+/m0/s1. The Labute approximate surface area is 338 Å². The van der Waals surface area contributed by atoms with Crippen LogP contribution >= 0.6 is 0 Å². The summed E-state index contributed by atoms with van der Waals surface area (Å²) in [6.45, 7) is 9.96. The fraction of sp³-hybridized carbons (Fsp3) is 0.488. The molecule has 0 unspecified atom stereocenters. The zero-order chi connectivity index (χ0) is 41.0. The lowest BCUT2D eigenvalue weighted by molar-refractivity contribution is -0.130. The number of aromatic nitrogens is 5. The van der Waals surface area contributed by atoms with Gasteiger partial charge in [0.25, 0.3) is 5.91 Å². The third kappa shape index (κ3) is 10.0. The summed E-state index contributed by atoms with van der Waals surface area (Å²) in [6, 6.07) is 18.0. The van der Waals surface area contributed by atoms with Gasteiger partial charge in [-0.15, -0.1) is 10.2 Å². The largest absolute Gasteiger partial charge is 0.444 e. The first kappa shape index (κ1) is 40.5. The van der Waals surface area contributed by atoms with E-state index < -0.39 is 17.7 Å². The summed E-state index contributed by atoms with van der Waals surface area (Å²) in [6.07, 6.45) is 4.82. The molecule has 3 fully saturated rings. The number of hydrogen-bond acceptors (Lipinski definition) is 10. The topological polar surface area (TPSA) is 196 Å². The number of likely N-dealkylation sites (tertiary alicyclic amines) is 1. The van der Waals surface area contributed by atoms with Gasteiger partial charge in [-0.2, -0.15) is 5.21 Å². The number of nitrogens with zero attached hydrogens (tertiary/aromatic N) is 5.